The van der Waals surface area contributed by atoms with E-state index in [2.05, 4.69) is 20.9 Å². The number of hydrogen-bond acceptors (Lipinski definition) is 9. The van der Waals surface area contributed by atoms with Crippen molar-refractivity contribution >= 4 is 46.4 Å². The van der Waals surface area contributed by atoms with E-state index in [0.29, 0.717) is 28.8 Å². The number of carbonyl (C=O) groups excluding carboxylic acids is 2. The Balaban J connectivity index is 1.82. The SMILES string of the molecule is CC1NCCc2c1[nH]c1c(SC[C@H](NC(=O)CC[C@H](N)C(=O)O)C(=O)NCC(=O)O)cc(O)c(O)c21. The van der Waals surface area contributed by atoms with E-state index in [-0.39, 0.29) is 36.1 Å². The van der Waals surface area contributed by atoms with Crippen molar-refractivity contribution < 1.29 is 39.6 Å². The summed E-state index contributed by atoms with van der Waals surface area (Å²) in [6.45, 7) is 2.01. The Bertz CT molecular complexity index is 1180. The van der Waals surface area contributed by atoms with Crippen LogP contribution in [-0.4, -0.2) is 80.1 Å². The van der Waals surface area contributed by atoms with Crippen LogP contribution in [-0.2, 0) is 25.6 Å². The number of fused-ring (bicyclic) bond motifs is 3. The molecule has 0 saturated heterocycles. The molecule has 1 aromatic heterocycles. The molecule has 36 heavy (non-hydrogen) atoms. The fourth-order valence-electron chi connectivity index (χ4n) is 3.97. The van der Waals surface area contributed by atoms with Gasteiger partial charge in [-0.15, -0.1) is 11.8 Å². The highest BCUT2D eigenvalue weighted by Crippen LogP contribution is 2.44. The van der Waals surface area contributed by atoms with Gasteiger partial charge >= 0.3 is 11.9 Å². The molecular weight excluding hydrogens is 494 g/mol. The second kappa shape index (κ2) is 11.5. The number of rotatable bonds is 11. The molecule has 2 aromatic rings. The fraction of sp³-hybridized carbons (Fsp3) is 0.455. The van der Waals surface area contributed by atoms with Gasteiger partial charge < -0.3 is 47.1 Å². The molecule has 1 unspecified atom stereocenters. The quantitative estimate of drug-likeness (QED) is 0.138. The molecule has 1 aromatic carbocycles. The van der Waals surface area contributed by atoms with Gasteiger partial charge in [0.25, 0.3) is 0 Å². The highest BCUT2D eigenvalue weighted by Gasteiger charge is 2.27. The molecule has 196 valence electrons. The fourth-order valence-corrected chi connectivity index (χ4v) is 5.05. The molecule has 0 bridgehead atoms. The minimum atomic E-state index is -1.27. The van der Waals surface area contributed by atoms with Gasteiger partial charge in [0.1, 0.15) is 18.6 Å². The Morgan fingerprint density at radius 3 is 2.64 bits per heavy atom. The third kappa shape index (κ3) is 6.19. The number of nitrogens with one attached hydrogen (secondary N) is 4. The number of carbonyl (C=O) groups is 4. The molecule has 0 aliphatic carbocycles. The van der Waals surface area contributed by atoms with Gasteiger partial charge in [-0.05, 0) is 37.9 Å². The molecule has 10 N–H and O–H groups in total. The molecule has 1 aliphatic heterocycles. The van der Waals surface area contributed by atoms with Gasteiger partial charge in [-0.3, -0.25) is 19.2 Å². The van der Waals surface area contributed by atoms with Gasteiger partial charge in [0.15, 0.2) is 11.5 Å². The number of carboxylic acid groups (broad SMARTS) is 2. The minimum absolute atomic E-state index is 0.00782. The first-order chi connectivity index (χ1) is 17.0. The molecule has 3 rings (SSSR count). The topological polar surface area (TPSA) is 227 Å². The number of aromatic nitrogens is 1. The summed E-state index contributed by atoms with van der Waals surface area (Å²) in [5.74, 6) is -4.53. The van der Waals surface area contributed by atoms with E-state index >= 15 is 0 Å². The third-order valence-electron chi connectivity index (χ3n) is 5.86. The largest absolute Gasteiger partial charge is 0.504 e. The van der Waals surface area contributed by atoms with E-state index < -0.39 is 42.4 Å². The van der Waals surface area contributed by atoms with Crippen molar-refractivity contribution in [3.63, 3.8) is 0 Å². The van der Waals surface area contributed by atoms with Crippen molar-refractivity contribution in [1.29, 1.82) is 0 Å². The van der Waals surface area contributed by atoms with Crippen molar-refractivity contribution in [2.45, 2.75) is 49.2 Å². The lowest BCUT2D eigenvalue weighted by Gasteiger charge is -2.20. The molecule has 0 spiro atoms. The van der Waals surface area contributed by atoms with E-state index in [4.69, 9.17) is 15.9 Å². The van der Waals surface area contributed by atoms with Crippen molar-refractivity contribution in [1.82, 2.24) is 20.9 Å². The average Bonchev–Trinajstić information content (AvgIpc) is 3.22. The Morgan fingerprint density at radius 1 is 1.25 bits per heavy atom. The number of aromatic hydroxyl groups is 2. The zero-order chi connectivity index (χ0) is 26.6. The zero-order valence-electron chi connectivity index (χ0n) is 19.5. The van der Waals surface area contributed by atoms with Crippen LogP contribution in [0.15, 0.2) is 11.0 Å². The number of thioether (sulfide) groups is 1. The van der Waals surface area contributed by atoms with E-state index in [1.54, 1.807) is 0 Å². The maximum atomic E-state index is 12.6. The second-order valence-electron chi connectivity index (χ2n) is 8.46. The number of amides is 2. The van der Waals surface area contributed by atoms with Crippen LogP contribution >= 0.6 is 11.8 Å². The first-order valence-corrected chi connectivity index (χ1v) is 12.2. The van der Waals surface area contributed by atoms with E-state index in [1.807, 2.05) is 6.92 Å². The lowest BCUT2D eigenvalue weighted by molar-refractivity contribution is -0.139. The standard InChI is InChI=1S/C22H29N5O8S/c1-9-18-10(4-5-24-9)17-19(27-18)14(6-13(28)20(17)32)36-8-12(21(33)25-7-16(30)31)26-15(29)3-2-11(23)22(34)35/h6,9,11-12,24,27-28,32H,2-5,7-8,23H2,1H3,(H,25,33)(H,26,29)(H,30,31)(H,34,35)/t9?,11-,12-/m0/s1. The summed E-state index contributed by atoms with van der Waals surface area (Å²) in [6.07, 6.45) is 0.235. The maximum Gasteiger partial charge on any atom is 0.322 e. The van der Waals surface area contributed by atoms with Crippen LogP contribution in [0.1, 0.15) is 37.1 Å². The number of phenols is 2. The number of nitrogens with two attached hydrogens (primary N) is 1. The summed E-state index contributed by atoms with van der Waals surface area (Å²) in [4.78, 5) is 50.5. The van der Waals surface area contributed by atoms with Gasteiger partial charge in [0.05, 0.1) is 5.52 Å². The first kappa shape index (κ1) is 27.1. The number of phenolic OH excluding ortho intramolecular Hbond substituents is 2. The maximum absolute atomic E-state index is 12.6. The summed E-state index contributed by atoms with van der Waals surface area (Å²) in [6, 6.07) is -1.07. The Labute approximate surface area is 209 Å². The van der Waals surface area contributed by atoms with Crippen LogP contribution in [0.3, 0.4) is 0 Å². The van der Waals surface area contributed by atoms with Crippen LogP contribution in [0.2, 0.25) is 0 Å². The summed E-state index contributed by atoms with van der Waals surface area (Å²) >= 11 is 1.11. The van der Waals surface area contributed by atoms with Crippen LogP contribution in [0, 0.1) is 0 Å². The summed E-state index contributed by atoms with van der Waals surface area (Å²) in [7, 11) is 0. The van der Waals surface area contributed by atoms with Crippen LogP contribution in [0.25, 0.3) is 10.9 Å². The Morgan fingerprint density at radius 2 is 1.97 bits per heavy atom. The summed E-state index contributed by atoms with van der Waals surface area (Å²) in [5, 5.41) is 47.1. The first-order valence-electron chi connectivity index (χ1n) is 11.2. The molecule has 14 heteroatoms. The Hall–Kier alpha value is -3.49. The molecule has 0 fully saturated rings. The monoisotopic (exact) mass is 523 g/mol. The van der Waals surface area contributed by atoms with Crippen LogP contribution in [0.4, 0.5) is 0 Å². The molecule has 2 heterocycles. The van der Waals surface area contributed by atoms with E-state index in [1.165, 1.54) is 6.07 Å². The second-order valence-corrected chi connectivity index (χ2v) is 9.52. The molecule has 2 amide bonds. The van der Waals surface area contributed by atoms with E-state index in [0.717, 1.165) is 23.0 Å². The average molecular weight is 524 g/mol. The highest BCUT2D eigenvalue weighted by molar-refractivity contribution is 7.99. The lowest BCUT2D eigenvalue weighted by atomic mass is 9.99. The van der Waals surface area contributed by atoms with Crippen molar-refractivity contribution in [2.75, 3.05) is 18.8 Å². The van der Waals surface area contributed by atoms with Crippen molar-refractivity contribution in [3.05, 3.63) is 17.3 Å². The molecule has 0 saturated carbocycles. The van der Waals surface area contributed by atoms with Crippen molar-refractivity contribution in [2.24, 2.45) is 5.73 Å². The van der Waals surface area contributed by atoms with Crippen molar-refractivity contribution in [3.8, 4) is 11.5 Å². The number of carboxylic acids is 2. The number of hydrogen-bond donors (Lipinski definition) is 9. The number of benzene rings is 1. The van der Waals surface area contributed by atoms with Gasteiger partial charge in [-0.2, -0.15) is 0 Å². The number of H-pyrrole nitrogens is 1. The lowest BCUT2D eigenvalue weighted by Crippen LogP contribution is -2.49. The van der Waals surface area contributed by atoms with Gasteiger partial charge in [0, 0.05) is 34.2 Å². The molecular formula is C22H29N5O8S. The zero-order valence-corrected chi connectivity index (χ0v) is 20.3. The smallest absolute Gasteiger partial charge is 0.322 e. The minimum Gasteiger partial charge on any atom is -0.504 e. The predicted octanol–water partition coefficient (Wildman–Crippen LogP) is -0.244. The predicted molar refractivity (Wildman–Crippen MR) is 130 cm³/mol. The third-order valence-corrected chi connectivity index (χ3v) is 6.99. The highest BCUT2D eigenvalue weighted by atomic mass is 32.2. The van der Waals surface area contributed by atoms with Gasteiger partial charge in [-0.25, -0.2) is 0 Å². The molecule has 13 nitrogen and oxygen atoms in total. The molecule has 3 atom stereocenters. The molecule has 0 radical (unpaired) electrons. The number of aliphatic carboxylic acids is 2. The van der Waals surface area contributed by atoms with E-state index in [9.17, 15) is 29.4 Å². The molecule has 1 aliphatic rings. The summed E-state index contributed by atoms with van der Waals surface area (Å²) < 4.78 is 0. The summed E-state index contributed by atoms with van der Waals surface area (Å²) in [5.41, 5.74) is 7.74. The van der Waals surface area contributed by atoms with Gasteiger partial charge in [-0.1, -0.05) is 0 Å². The number of aromatic amines is 1. The van der Waals surface area contributed by atoms with Gasteiger partial charge in [0.2, 0.25) is 11.8 Å². The normalized spacial score (nSPS) is 16.7. The Kier molecular flexibility index (Phi) is 8.66. The van der Waals surface area contributed by atoms with Crippen LogP contribution < -0.4 is 21.7 Å². The van der Waals surface area contributed by atoms with Crippen LogP contribution in [0.5, 0.6) is 11.5 Å².